The second-order valence-corrected chi connectivity index (χ2v) is 8.05. The molecule has 0 saturated carbocycles. The molecule has 12 heteroatoms. The lowest BCUT2D eigenvalue weighted by molar-refractivity contribution is -0.144. The number of halogens is 4. The Labute approximate surface area is 187 Å². The van der Waals surface area contributed by atoms with E-state index in [-0.39, 0.29) is 18.1 Å². The van der Waals surface area contributed by atoms with Crippen LogP contribution in [0.5, 0.6) is 0 Å². The van der Waals surface area contributed by atoms with E-state index >= 15 is 0 Å². The fraction of sp³-hybridized carbons (Fsp3) is 0.450. The highest BCUT2D eigenvalue weighted by Crippen LogP contribution is 2.27. The molecule has 32 heavy (non-hydrogen) atoms. The third kappa shape index (κ3) is 4.47. The van der Waals surface area contributed by atoms with Gasteiger partial charge in [-0.25, -0.2) is 14.5 Å². The zero-order valence-corrected chi connectivity index (χ0v) is 18.3. The Hall–Kier alpha value is -2.95. The molecule has 0 bridgehead atoms. The van der Waals surface area contributed by atoms with Crippen molar-refractivity contribution in [2.24, 2.45) is 0 Å². The van der Waals surface area contributed by atoms with E-state index in [0.717, 1.165) is 10.3 Å². The lowest BCUT2D eigenvalue weighted by Gasteiger charge is -2.35. The summed E-state index contributed by atoms with van der Waals surface area (Å²) in [6, 6.07) is 3.63. The minimum absolute atomic E-state index is 0.0119. The lowest BCUT2D eigenvalue weighted by atomic mass is 10.1. The number of piperazine rings is 1. The number of carbonyl (C=O) groups is 1. The summed E-state index contributed by atoms with van der Waals surface area (Å²) >= 11 is 5.88. The first-order chi connectivity index (χ1) is 15.1. The van der Waals surface area contributed by atoms with E-state index in [2.05, 4.69) is 25.0 Å². The zero-order valence-electron chi connectivity index (χ0n) is 17.5. The van der Waals surface area contributed by atoms with Crippen LogP contribution in [0.15, 0.2) is 18.3 Å². The van der Waals surface area contributed by atoms with E-state index < -0.39 is 12.0 Å². The number of alkyl halides is 3. The van der Waals surface area contributed by atoms with Gasteiger partial charge in [-0.3, -0.25) is 4.79 Å². The Bertz CT molecular complexity index is 1140. The first-order valence-electron chi connectivity index (χ1n) is 10.1. The number of pyridine rings is 1. The van der Waals surface area contributed by atoms with Gasteiger partial charge in [0, 0.05) is 50.2 Å². The second-order valence-electron chi connectivity index (χ2n) is 7.61. The summed E-state index contributed by atoms with van der Waals surface area (Å²) in [5.41, 5.74) is 1.75. The summed E-state index contributed by atoms with van der Waals surface area (Å²) in [6.45, 7) is 5.81. The van der Waals surface area contributed by atoms with Gasteiger partial charge in [0.05, 0.1) is 5.02 Å². The highest BCUT2D eigenvalue weighted by molar-refractivity contribution is 6.30. The number of amides is 1. The zero-order chi connectivity index (χ0) is 23.0. The monoisotopic (exact) mass is 467 g/mol. The average Bonchev–Trinajstić information content (AvgIpc) is 3.19. The van der Waals surface area contributed by atoms with E-state index in [1.807, 2.05) is 6.07 Å². The van der Waals surface area contributed by atoms with Crippen LogP contribution in [0.2, 0.25) is 5.02 Å². The summed E-state index contributed by atoms with van der Waals surface area (Å²) < 4.78 is 39.9. The molecular weight excluding hydrogens is 447 g/mol. The molecule has 0 radical (unpaired) electrons. The number of fused-ring (bicyclic) bond motifs is 1. The molecule has 170 valence electrons. The van der Waals surface area contributed by atoms with Gasteiger partial charge in [0.1, 0.15) is 5.82 Å². The highest BCUT2D eigenvalue weighted by Gasteiger charge is 2.37. The number of anilines is 1. The van der Waals surface area contributed by atoms with Gasteiger partial charge in [-0.05, 0) is 38.0 Å². The SMILES string of the molecule is Cc1nc2nc(C(F)(F)F)nn2c(C)c1CCC(=O)N1CCN(c2ccc(Cl)cn2)CC1. The molecule has 4 heterocycles. The van der Waals surface area contributed by atoms with Gasteiger partial charge in [-0.1, -0.05) is 11.6 Å². The van der Waals surface area contributed by atoms with Crippen LogP contribution in [-0.4, -0.2) is 61.6 Å². The minimum Gasteiger partial charge on any atom is -0.353 e. The van der Waals surface area contributed by atoms with Crippen LogP contribution in [0.1, 0.15) is 29.2 Å². The van der Waals surface area contributed by atoms with Crippen LogP contribution in [-0.2, 0) is 17.4 Å². The van der Waals surface area contributed by atoms with Gasteiger partial charge in [0.25, 0.3) is 11.6 Å². The molecule has 0 atom stereocenters. The molecule has 0 unspecified atom stereocenters. The maximum atomic E-state index is 12.9. The molecule has 1 fully saturated rings. The number of rotatable bonds is 4. The topological polar surface area (TPSA) is 79.5 Å². The van der Waals surface area contributed by atoms with E-state index in [0.29, 0.717) is 54.6 Å². The predicted octanol–water partition coefficient (Wildman–Crippen LogP) is 3.09. The molecular formula is C20H21ClF3N7O. The molecule has 1 saturated heterocycles. The molecule has 0 aromatic carbocycles. The van der Waals surface area contributed by atoms with Crippen molar-refractivity contribution in [2.75, 3.05) is 31.1 Å². The minimum atomic E-state index is -4.64. The lowest BCUT2D eigenvalue weighted by Crippen LogP contribution is -2.49. The smallest absolute Gasteiger partial charge is 0.353 e. The molecule has 4 rings (SSSR count). The number of hydrogen-bond donors (Lipinski definition) is 0. The van der Waals surface area contributed by atoms with E-state index in [9.17, 15) is 18.0 Å². The fourth-order valence-corrected chi connectivity index (χ4v) is 3.93. The molecule has 0 aliphatic carbocycles. The maximum Gasteiger partial charge on any atom is 0.453 e. The third-order valence-electron chi connectivity index (χ3n) is 5.56. The van der Waals surface area contributed by atoms with E-state index in [4.69, 9.17) is 11.6 Å². The highest BCUT2D eigenvalue weighted by atomic mass is 35.5. The molecule has 1 aliphatic rings. The number of carbonyl (C=O) groups excluding carboxylic acids is 1. The number of aromatic nitrogens is 5. The van der Waals surface area contributed by atoms with E-state index in [1.54, 1.807) is 31.0 Å². The first kappa shape index (κ1) is 22.3. The normalized spacial score (nSPS) is 14.9. The van der Waals surface area contributed by atoms with Crippen molar-refractivity contribution < 1.29 is 18.0 Å². The quantitative estimate of drug-likeness (QED) is 0.586. The van der Waals surface area contributed by atoms with Gasteiger partial charge in [0.15, 0.2) is 0 Å². The number of hydrogen-bond acceptors (Lipinski definition) is 6. The second kappa shape index (κ2) is 8.53. The van der Waals surface area contributed by atoms with Gasteiger partial charge in [-0.2, -0.15) is 18.2 Å². The fourth-order valence-electron chi connectivity index (χ4n) is 3.82. The molecule has 8 nitrogen and oxygen atoms in total. The Morgan fingerprint density at radius 1 is 1.12 bits per heavy atom. The Morgan fingerprint density at radius 2 is 1.84 bits per heavy atom. The number of nitrogens with zero attached hydrogens (tertiary/aromatic N) is 7. The summed E-state index contributed by atoms with van der Waals surface area (Å²) in [5.74, 6) is -0.525. The Kier molecular flexibility index (Phi) is 5.93. The summed E-state index contributed by atoms with van der Waals surface area (Å²) in [7, 11) is 0. The number of aryl methyl sites for hydroxylation is 2. The van der Waals surface area contributed by atoms with Gasteiger partial charge in [-0.15, -0.1) is 5.10 Å². The average molecular weight is 468 g/mol. The maximum absolute atomic E-state index is 12.9. The summed E-state index contributed by atoms with van der Waals surface area (Å²) in [6.07, 6.45) is -2.46. The van der Waals surface area contributed by atoms with Crippen LogP contribution >= 0.6 is 11.6 Å². The van der Waals surface area contributed by atoms with Crippen LogP contribution in [0.25, 0.3) is 5.78 Å². The Balaban J connectivity index is 1.40. The molecule has 1 aliphatic heterocycles. The van der Waals surface area contributed by atoms with Crippen LogP contribution < -0.4 is 4.90 Å². The molecule has 1 amide bonds. The van der Waals surface area contributed by atoms with Crippen LogP contribution in [0, 0.1) is 13.8 Å². The molecule has 3 aromatic rings. The largest absolute Gasteiger partial charge is 0.453 e. The summed E-state index contributed by atoms with van der Waals surface area (Å²) in [4.78, 5) is 28.6. The van der Waals surface area contributed by atoms with Crippen molar-refractivity contribution in [3.63, 3.8) is 0 Å². The molecule has 0 spiro atoms. The van der Waals surface area contributed by atoms with Gasteiger partial charge in [0.2, 0.25) is 5.91 Å². The molecule has 3 aromatic heterocycles. The van der Waals surface area contributed by atoms with Crippen LogP contribution in [0.4, 0.5) is 19.0 Å². The van der Waals surface area contributed by atoms with Crippen molar-refractivity contribution in [3.05, 3.63) is 46.1 Å². The van der Waals surface area contributed by atoms with Crippen molar-refractivity contribution in [2.45, 2.75) is 32.9 Å². The van der Waals surface area contributed by atoms with E-state index in [1.165, 1.54) is 0 Å². The summed E-state index contributed by atoms with van der Waals surface area (Å²) in [5, 5.41) is 4.12. The van der Waals surface area contributed by atoms with Gasteiger partial charge >= 0.3 is 6.18 Å². The van der Waals surface area contributed by atoms with Crippen molar-refractivity contribution in [1.82, 2.24) is 29.5 Å². The molecule has 0 N–H and O–H groups in total. The van der Waals surface area contributed by atoms with Gasteiger partial charge < -0.3 is 9.80 Å². The first-order valence-corrected chi connectivity index (χ1v) is 10.5. The van der Waals surface area contributed by atoms with Crippen LogP contribution in [0.3, 0.4) is 0 Å². The van der Waals surface area contributed by atoms with Crippen molar-refractivity contribution in [3.8, 4) is 0 Å². The van der Waals surface area contributed by atoms with Crippen molar-refractivity contribution in [1.29, 1.82) is 0 Å². The predicted molar refractivity (Wildman–Crippen MR) is 112 cm³/mol. The van der Waals surface area contributed by atoms with Crippen molar-refractivity contribution >= 4 is 29.1 Å². The third-order valence-corrected chi connectivity index (χ3v) is 5.78. The Morgan fingerprint density at radius 3 is 2.47 bits per heavy atom. The standard InChI is InChI=1S/C20H21ClF3N7O/c1-12-15(13(2)31-19(26-12)27-18(28-31)20(22,23)24)4-6-17(32)30-9-7-29(8-10-30)16-5-3-14(21)11-25-16/h3,5,11H,4,6-10H2,1-2H3.